The van der Waals surface area contributed by atoms with Gasteiger partial charge in [0.25, 0.3) is 5.91 Å². The molecule has 0 saturated carbocycles. The Balaban J connectivity index is 1.34. The maximum atomic E-state index is 12.3. The van der Waals surface area contributed by atoms with Crippen LogP contribution in [0.25, 0.3) is 10.9 Å². The zero-order valence-electron chi connectivity index (χ0n) is 13.9. The number of thiazole rings is 1. The van der Waals surface area contributed by atoms with Crippen LogP contribution in [0.4, 0.5) is 10.9 Å². The van der Waals surface area contributed by atoms with E-state index in [1.54, 1.807) is 11.6 Å². The fourth-order valence-corrected chi connectivity index (χ4v) is 3.42. The summed E-state index contributed by atoms with van der Waals surface area (Å²) in [5.74, 6) is 0.531. The second-order valence-electron chi connectivity index (χ2n) is 5.74. The normalized spacial score (nSPS) is 10.8. The summed E-state index contributed by atoms with van der Waals surface area (Å²) in [5, 5.41) is 9.60. The van der Waals surface area contributed by atoms with E-state index in [-0.39, 0.29) is 5.91 Å². The third kappa shape index (κ3) is 3.57. The fourth-order valence-electron chi connectivity index (χ4n) is 2.72. The molecule has 3 N–H and O–H groups in total. The lowest BCUT2D eigenvalue weighted by Gasteiger charge is -2.03. The summed E-state index contributed by atoms with van der Waals surface area (Å²) < 4.78 is 0. The first-order valence-electron chi connectivity index (χ1n) is 8.26. The van der Waals surface area contributed by atoms with Crippen molar-refractivity contribution >= 4 is 39.1 Å². The zero-order chi connectivity index (χ0) is 17.8. The maximum Gasteiger partial charge on any atom is 0.270 e. The number of pyridine rings is 1. The van der Waals surface area contributed by atoms with Crippen molar-refractivity contribution in [1.29, 1.82) is 0 Å². The number of amides is 1. The number of carbonyl (C=O) groups excluding carboxylic acids is 1. The number of aromatic nitrogens is 3. The Hall–Kier alpha value is -3.19. The Morgan fingerprint density at radius 3 is 2.92 bits per heavy atom. The molecular weight excluding hydrogens is 346 g/mol. The molecule has 0 saturated heterocycles. The third-order valence-corrected chi connectivity index (χ3v) is 4.75. The van der Waals surface area contributed by atoms with Gasteiger partial charge in [0.1, 0.15) is 11.5 Å². The summed E-state index contributed by atoms with van der Waals surface area (Å²) in [6.45, 7) is 0.557. The van der Waals surface area contributed by atoms with Gasteiger partial charge in [0.2, 0.25) is 0 Å². The number of nitrogens with one attached hydrogen (secondary N) is 3. The smallest absolute Gasteiger partial charge is 0.270 e. The van der Waals surface area contributed by atoms with Crippen molar-refractivity contribution in [3.8, 4) is 0 Å². The molecule has 0 radical (unpaired) electrons. The molecule has 0 fully saturated rings. The van der Waals surface area contributed by atoms with E-state index in [1.165, 1.54) is 22.3 Å². The molecule has 3 aromatic heterocycles. The number of rotatable bonds is 6. The van der Waals surface area contributed by atoms with E-state index in [0.717, 1.165) is 11.9 Å². The maximum absolute atomic E-state index is 12.3. The number of anilines is 2. The van der Waals surface area contributed by atoms with E-state index in [4.69, 9.17) is 0 Å². The largest absolute Gasteiger partial charge is 0.361 e. The number of nitrogens with zero attached hydrogens (tertiary/aromatic N) is 2. The predicted octanol–water partition coefficient (Wildman–Crippen LogP) is 3.74. The Bertz CT molecular complexity index is 1020. The quantitative estimate of drug-likeness (QED) is 0.487. The monoisotopic (exact) mass is 363 g/mol. The summed E-state index contributed by atoms with van der Waals surface area (Å²) in [5.41, 5.74) is 2.71. The van der Waals surface area contributed by atoms with Gasteiger partial charge < -0.3 is 15.6 Å². The molecule has 0 atom stereocenters. The molecule has 0 aliphatic carbocycles. The van der Waals surface area contributed by atoms with Crippen LogP contribution in [0.1, 0.15) is 16.1 Å². The third-order valence-electron chi connectivity index (χ3n) is 3.99. The molecule has 0 unspecified atom stereocenters. The van der Waals surface area contributed by atoms with Crippen LogP contribution < -0.4 is 10.6 Å². The number of H-pyrrole nitrogens is 1. The lowest BCUT2D eigenvalue weighted by atomic mass is 10.1. The number of hydrogen-bond donors (Lipinski definition) is 3. The second-order valence-corrected chi connectivity index (χ2v) is 6.60. The Kier molecular flexibility index (Phi) is 4.61. The molecule has 0 aliphatic rings. The molecule has 0 aliphatic heterocycles. The van der Waals surface area contributed by atoms with Gasteiger partial charge in [-0.05, 0) is 30.2 Å². The molecule has 7 heteroatoms. The summed E-state index contributed by atoms with van der Waals surface area (Å²) in [6.07, 6.45) is 4.46. The lowest BCUT2D eigenvalue weighted by molar-refractivity contribution is 0.0950. The molecule has 1 amide bonds. The van der Waals surface area contributed by atoms with Crippen LogP contribution in [-0.2, 0) is 6.42 Å². The lowest BCUT2D eigenvalue weighted by Crippen LogP contribution is -2.25. The molecule has 26 heavy (non-hydrogen) atoms. The van der Waals surface area contributed by atoms with Crippen molar-refractivity contribution in [2.24, 2.45) is 0 Å². The number of aromatic amines is 1. The number of benzene rings is 1. The molecule has 0 spiro atoms. The van der Waals surface area contributed by atoms with Crippen LogP contribution >= 0.6 is 11.3 Å². The van der Waals surface area contributed by atoms with Crippen molar-refractivity contribution in [2.75, 3.05) is 11.9 Å². The summed E-state index contributed by atoms with van der Waals surface area (Å²) in [6, 6.07) is 13.7. The first-order valence-corrected chi connectivity index (χ1v) is 9.14. The van der Waals surface area contributed by atoms with Crippen molar-refractivity contribution < 1.29 is 4.79 Å². The SMILES string of the molecule is O=C(NCCc1c[nH]c2ccccc12)c1csc(Nc2ccccn2)n1. The standard InChI is InChI=1S/C19H17N5OS/c25-18(16-12-26-19(23-16)24-17-7-3-4-9-20-17)21-10-8-13-11-22-15-6-2-1-5-14(13)15/h1-7,9,11-12,22H,8,10H2,(H,21,25)(H,20,23,24). The van der Waals surface area contributed by atoms with Crippen LogP contribution in [0.3, 0.4) is 0 Å². The van der Waals surface area contributed by atoms with Gasteiger partial charge in [-0.2, -0.15) is 0 Å². The Labute approximate surface area is 154 Å². The van der Waals surface area contributed by atoms with Crippen LogP contribution in [0.5, 0.6) is 0 Å². The molecule has 1 aromatic carbocycles. The van der Waals surface area contributed by atoms with E-state index in [9.17, 15) is 4.79 Å². The van der Waals surface area contributed by atoms with Gasteiger partial charge in [-0.15, -0.1) is 11.3 Å². The second kappa shape index (κ2) is 7.37. The number of para-hydroxylation sites is 1. The summed E-state index contributed by atoms with van der Waals surface area (Å²) in [4.78, 5) is 24.0. The summed E-state index contributed by atoms with van der Waals surface area (Å²) in [7, 11) is 0. The first kappa shape index (κ1) is 16.3. The highest BCUT2D eigenvalue weighted by atomic mass is 32.1. The number of hydrogen-bond acceptors (Lipinski definition) is 5. The van der Waals surface area contributed by atoms with Crippen molar-refractivity contribution in [1.82, 2.24) is 20.3 Å². The molecule has 4 aromatic rings. The minimum atomic E-state index is -0.171. The highest BCUT2D eigenvalue weighted by Crippen LogP contribution is 2.20. The van der Waals surface area contributed by atoms with Gasteiger partial charge >= 0.3 is 0 Å². The predicted molar refractivity (Wildman–Crippen MR) is 104 cm³/mol. The molecule has 6 nitrogen and oxygen atoms in total. The fraction of sp³-hybridized carbons (Fsp3) is 0.105. The van der Waals surface area contributed by atoms with E-state index in [2.05, 4.69) is 31.7 Å². The van der Waals surface area contributed by atoms with Gasteiger partial charge in [0.05, 0.1) is 0 Å². The van der Waals surface area contributed by atoms with E-state index in [1.807, 2.05) is 42.6 Å². The van der Waals surface area contributed by atoms with Gasteiger partial charge in [-0.1, -0.05) is 24.3 Å². The van der Waals surface area contributed by atoms with Crippen molar-refractivity contribution in [3.05, 3.63) is 71.5 Å². The van der Waals surface area contributed by atoms with Gasteiger partial charge in [0.15, 0.2) is 5.13 Å². The average molecular weight is 363 g/mol. The molecule has 3 heterocycles. The minimum absolute atomic E-state index is 0.171. The molecular formula is C19H17N5OS. The van der Waals surface area contributed by atoms with Crippen LogP contribution in [-0.4, -0.2) is 27.4 Å². The zero-order valence-corrected chi connectivity index (χ0v) is 14.7. The minimum Gasteiger partial charge on any atom is -0.361 e. The molecule has 130 valence electrons. The first-order chi connectivity index (χ1) is 12.8. The van der Waals surface area contributed by atoms with Gasteiger partial charge in [-0.3, -0.25) is 4.79 Å². The highest BCUT2D eigenvalue weighted by Gasteiger charge is 2.11. The number of fused-ring (bicyclic) bond motifs is 1. The van der Waals surface area contributed by atoms with Crippen LogP contribution in [0, 0.1) is 0 Å². The van der Waals surface area contributed by atoms with E-state index >= 15 is 0 Å². The Morgan fingerprint density at radius 2 is 2.04 bits per heavy atom. The average Bonchev–Trinajstić information content (AvgIpc) is 3.30. The van der Waals surface area contributed by atoms with E-state index in [0.29, 0.717) is 23.2 Å². The summed E-state index contributed by atoms with van der Waals surface area (Å²) >= 11 is 1.38. The van der Waals surface area contributed by atoms with Crippen molar-refractivity contribution in [3.63, 3.8) is 0 Å². The van der Waals surface area contributed by atoms with Crippen molar-refractivity contribution in [2.45, 2.75) is 6.42 Å². The Morgan fingerprint density at radius 1 is 1.15 bits per heavy atom. The molecule has 0 bridgehead atoms. The number of carbonyl (C=O) groups is 1. The van der Waals surface area contributed by atoms with Gasteiger partial charge in [0, 0.05) is 35.2 Å². The highest BCUT2D eigenvalue weighted by molar-refractivity contribution is 7.14. The topological polar surface area (TPSA) is 82.7 Å². The molecule has 4 rings (SSSR count). The van der Waals surface area contributed by atoms with E-state index < -0.39 is 0 Å². The van der Waals surface area contributed by atoms with Crippen LogP contribution in [0.2, 0.25) is 0 Å². The van der Waals surface area contributed by atoms with Gasteiger partial charge in [-0.25, -0.2) is 9.97 Å². The van der Waals surface area contributed by atoms with Crippen LogP contribution in [0.15, 0.2) is 60.2 Å².